The molecule has 0 spiro atoms. The van der Waals surface area contributed by atoms with Gasteiger partial charge < -0.3 is 4.74 Å². The van der Waals surface area contributed by atoms with E-state index < -0.39 is 10.0 Å². The van der Waals surface area contributed by atoms with Gasteiger partial charge in [0.25, 0.3) is 0 Å². The average molecular weight is 376 g/mol. The number of aryl methyl sites for hydroxylation is 3. The van der Waals surface area contributed by atoms with Crippen LogP contribution in [0, 0.1) is 20.8 Å². The largest absolute Gasteiger partial charge is 0.495 e. The fraction of sp³-hybridized carbons (Fsp3) is 0.429. The summed E-state index contributed by atoms with van der Waals surface area (Å²) in [6, 6.07) is 9.13. The van der Waals surface area contributed by atoms with Gasteiger partial charge in [-0.05, 0) is 73.6 Å². The average Bonchev–Trinajstić information content (AvgIpc) is 2.56. The van der Waals surface area contributed by atoms with Gasteiger partial charge in [0.2, 0.25) is 10.0 Å². The number of sulfonamides is 1. The van der Waals surface area contributed by atoms with Crippen molar-refractivity contribution < 1.29 is 13.2 Å². The van der Waals surface area contributed by atoms with Crippen molar-refractivity contribution in [2.45, 2.75) is 58.4 Å². The summed E-state index contributed by atoms with van der Waals surface area (Å²) in [6.07, 6.45) is 0. The molecular weight excluding hydrogens is 346 g/mol. The summed E-state index contributed by atoms with van der Waals surface area (Å²) in [6.45, 7) is 12.0. The molecule has 2 rings (SSSR count). The first-order chi connectivity index (χ1) is 12.1. The predicted molar refractivity (Wildman–Crippen MR) is 106 cm³/mol. The zero-order valence-electron chi connectivity index (χ0n) is 16.7. The summed E-state index contributed by atoms with van der Waals surface area (Å²) < 4.78 is 34.2. The molecule has 0 amide bonds. The van der Waals surface area contributed by atoms with E-state index in [1.54, 1.807) is 12.1 Å². The molecule has 0 bridgehead atoms. The van der Waals surface area contributed by atoms with Crippen LogP contribution < -0.4 is 9.46 Å². The lowest BCUT2D eigenvalue weighted by Crippen LogP contribution is -2.28. The van der Waals surface area contributed by atoms with E-state index in [0.717, 1.165) is 22.3 Å². The number of rotatable bonds is 6. The van der Waals surface area contributed by atoms with Crippen molar-refractivity contribution in [3.8, 4) is 5.75 Å². The second-order valence-electron chi connectivity index (χ2n) is 7.20. The summed E-state index contributed by atoms with van der Waals surface area (Å²) in [4.78, 5) is 0.180. The lowest BCUT2D eigenvalue weighted by molar-refractivity contribution is 0.401. The Balaban J connectivity index is 2.43. The minimum absolute atomic E-state index is 0.180. The Bertz CT molecular complexity index is 902. The molecule has 1 N–H and O–H groups in total. The third-order valence-corrected chi connectivity index (χ3v) is 6.39. The van der Waals surface area contributed by atoms with E-state index in [4.69, 9.17) is 4.74 Å². The number of benzene rings is 2. The summed E-state index contributed by atoms with van der Waals surface area (Å²) in [5.74, 6) is 0.584. The van der Waals surface area contributed by atoms with Crippen molar-refractivity contribution in [1.29, 1.82) is 0 Å². The van der Waals surface area contributed by atoms with Gasteiger partial charge in [-0.1, -0.05) is 32.0 Å². The SMILES string of the molecule is COc1ccc(C(C)C)cc1S(=O)(=O)N[C@@H](C)c1cc(C)c(C)cc1C. The quantitative estimate of drug-likeness (QED) is 0.790. The summed E-state index contributed by atoms with van der Waals surface area (Å²) >= 11 is 0. The number of nitrogens with one attached hydrogen (secondary N) is 1. The van der Waals surface area contributed by atoms with E-state index in [0.29, 0.717) is 5.75 Å². The van der Waals surface area contributed by atoms with E-state index in [1.165, 1.54) is 12.7 Å². The zero-order chi connectivity index (χ0) is 19.6. The molecule has 0 aliphatic rings. The highest BCUT2D eigenvalue weighted by atomic mass is 32.2. The minimum Gasteiger partial charge on any atom is -0.495 e. The number of hydrogen-bond acceptors (Lipinski definition) is 3. The van der Waals surface area contributed by atoms with Gasteiger partial charge in [0.05, 0.1) is 7.11 Å². The summed E-state index contributed by atoms with van der Waals surface area (Å²) in [5, 5.41) is 0. The van der Waals surface area contributed by atoms with Crippen molar-refractivity contribution in [3.05, 3.63) is 58.1 Å². The Morgan fingerprint density at radius 2 is 1.54 bits per heavy atom. The van der Waals surface area contributed by atoms with Gasteiger partial charge in [-0.2, -0.15) is 0 Å². The third kappa shape index (κ3) is 4.27. The van der Waals surface area contributed by atoms with Crippen LogP contribution in [0.5, 0.6) is 5.75 Å². The van der Waals surface area contributed by atoms with E-state index in [9.17, 15) is 8.42 Å². The van der Waals surface area contributed by atoms with E-state index in [-0.39, 0.29) is 16.9 Å². The minimum atomic E-state index is -3.72. The van der Waals surface area contributed by atoms with Crippen LogP contribution in [0.3, 0.4) is 0 Å². The van der Waals surface area contributed by atoms with Crippen LogP contribution in [0.4, 0.5) is 0 Å². The normalized spacial score (nSPS) is 13.1. The van der Waals surface area contributed by atoms with Crippen molar-refractivity contribution in [3.63, 3.8) is 0 Å². The Labute approximate surface area is 157 Å². The van der Waals surface area contributed by atoms with Gasteiger partial charge in [-0.15, -0.1) is 0 Å². The highest BCUT2D eigenvalue weighted by Gasteiger charge is 2.24. The second-order valence-corrected chi connectivity index (χ2v) is 8.88. The molecular formula is C21H29NO3S. The first-order valence-electron chi connectivity index (χ1n) is 8.84. The molecule has 1 atom stereocenters. The molecule has 5 heteroatoms. The number of methoxy groups -OCH3 is 1. The highest BCUT2D eigenvalue weighted by molar-refractivity contribution is 7.89. The molecule has 2 aromatic carbocycles. The van der Waals surface area contributed by atoms with Gasteiger partial charge >= 0.3 is 0 Å². The van der Waals surface area contributed by atoms with Gasteiger partial charge in [-0.25, -0.2) is 13.1 Å². The van der Waals surface area contributed by atoms with Crippen molar-refractivity contribution in [1.82, 2.24) is 4.72 Å². The fourth-order valence-corrected chi connectivity index (χ4v) is 4.50. The molecule has 142 valence electrons. The Morgan fingerprint density at radius 1 is 0.923 bits per heavy atom. The molecule has 0 heterocycles. The maximum Gasteiger partial charge on any atom is 0.244 e. The topological polar surface area (TPSA) is 55.4 Å². The van der Waals surface area contributed by atoms with Crippen LogP contribution in [0.1, 0.15) is 60.5 Å². The van der Waals surface area contributed by atoms with Crippen LogP contribution in [0.25, 0.3) is 0 Å². The van der Waals surface area contributed by atoms with E-state index in [1.807, 2.05) is 40.7 Å². The van der Waals surface area contributed by atoms with Crippen LogP contribution >= 0.6 is 0 Å². The maximum atomic E-state index is 13.0. The summed E-state index contributed by atoms with van der Waals surface area (Å²) in [5.41, 5.74) is 5.37. The van der Waals surface area contributed by atoms with Crippen molar-refractivity contribution in [2.75, 3.05) is 7.11 Å². The van der Waals surface area contributed by atoms with Crippen LogP contribution in [0.15, 0.2) is 35.2 Å². The second kappa shape index (κ2) is 7.80. The van der Waals surface area contributed by atoms with Gasteiger partial charge in [0.1, 0.15) is 10.6 Å². The monoisotopic (exact) mass is 375 g/mol. The number of ether oxygens (including phenoxy) is 1. The lowest BCUT2D eigenvalue weighted by atomic mass is 9.97. The van der Waals surface area contributed by atoms with Gasteiger partial charge in [0, 0.05) is 6.04 Å². The van der Waals surface area contributed by atoms with Crippen LogP contribution in [0.2, 0.25) is 0 Å². The van der Waals surface area contributed by atoms with Gasteiger partial charge in [0.15, 0.2) is 0 Å². The van der Waals surface area contributed by atoms with Crippen molar-refractivity contribution in [2.24, 2.45) is 0 Å². The first-order valence-corrected chi connectivity index (χ1v) is 10.3. The maximum absolute atomic E-state index is 13.0. The highest BCUT2D eigenvalue weighted by Crippen LogP contribution is 2.30. The molecule has 0 saturated heterocycles. The molecule has 0 saturated carbocycles. The smallest absolute Gasteiger partial charge is 0.244 e. The lowest BCUT2D eigenvalue weighted by Gasteiger charge is -2.20. The zero-order valence-corrected chi connectivity index (χ0v) is 17.5. The molecule has 2 aromatic rings. The van der Waals surface area contributed by atoms with E-state index in [2.05, 4.69) is 23.8 Å². The summed E-state index contributed by atoms with van der Waals surface area (Å²) in [7, 11) is -2.23. The molecule has 0 aliphatic carbocycles. The third-order valence-electron chi connectivity index (χ3n) is 4.82. The molecule has 0 unspecified atom stereocenters. The van der Waals surface area contributed by atoms with Crippen LogP contribution in [-0.2, 0) is 10.0 Å². The van der Waals surface area contributed by atoms with Crippen LogP contribution in [-0.4, -0.2) is 15.5 Å². The molecule has 0 aromatic heterocycles. The molecule has 4 nitrogen and oxygen atoms in total. The van der Waals surface area contributed by atoms with Crippen molar-refractivity contribution >= 4 is 10.0 Å². The standard InChI is InChI=1S/C21H29NO3S/c1-13(2)18-8-9-20(25-7)21(12-18)26(23,24)22-17(6)19-11-15(4)14(3)10-16(19)5/h8-13,17,22H,1-7H3/t17-/m0/s1. The molecule has 0 aliphatic heterocycles. The van der Waals surface area contributed by atoms with Gasteiger partial charge in [-0.3, -0.25) is 0 Å². The Morgan fingerprint density at radius 3 is 2.12 bits per heavy atom. The Kier molecular flexibility index (Phi) is 6.14. The Hall–Kier alpha value is -1.85. The van der Waals surface area contributed by atoms with E-state index >= 15 is 0 Å². The molecule has 26 heavy (non-hydrogen) atoms. The molecule has 0 radical (unpaired) electrons. The number of hydrogen-bond donors (Lipinski definition) is 1. The molecule has 0 fully saturated rings. The first kappa shape index (κ1) is 20.5. The fourth-order valence-electron chi connectivity index (χ4n) is 3.07. The predicted octanol–water partition coefficient (Wildman–Crippen LogP) is 4.78.